The van der Waals surface area contributed by atoms with Gasteiger partial charge in [0, 0.05) is 24.7 Å². The van der Waals surface area contributed by atoms with E-state index in [1.807, 2.05) is 18.2 Å². The molecule has 0 aliphatic rings. The Morgan fingerprint density at radius 3 is 2.50 bits per heavy atom. The third kappa shape index (κ3) is 4.18. The van der Waals surface area contributed by atoms with Crippen molar-refractivity contribution in [2.24, 2.45) is 0 Å². The Labute approximate surface area is 128 Å². The Hall–Kier alpha value is -3.13. The fourth-order valence-corrected chi connectivity index (χ4v) is 1.92. The van der Waals surface area contributed by atoms with E-state index in [9.17, 15) is 9.59 Å². The van der Waals surface area contributed by atoms with Crippen LogP contribution in [0.5, 0.6) is 0 Å². The molecule has 2 N–H and O–H groups in total. The Balaban J connectivity index is 1.96. The normalized spacial score (nSPS) is 9.64. The highest BCUT2D eigenvalue weighted by molar-refractivity contribution is 5.94. The van der Waals surface area contributed by atoms with Crippen LogP contribution in [0.4, 0.5) is 5.69 Å². The van der Waals surface area contributed by atoms with Gasteiger partial charge in [-0.25, -0.2) is 0 Å². The van der Waals surface area contributed by atoms with Gasteiger partial charge in [-0.1, -0.05) is 18.2 Å². The number of carbonyl (C=O) groups excluding carboxylic acids is 2. The van der Waals surface area contributed by atoms with Crippen LogP contribution in [-0.4, -0.2) is 11.8 Å². The molecule has 5 nitrogen and oxygen atoms in total. The van der Waals surface area contributed by atoms with Crippen LogP contribution in [0.3, 0.4) is 0 Å². The van der Waals surface area contributed by atoms with E-state index in [1.165, 1.54) is 6.92 Å². The second kappa shape index (κ2) is 7.04. The highest BCUT2D eigenvalue weighted by Gasteiger charge is 2.06. The van der Waals surface area contributed by atoms with Crippen LogP contribution < -0.4 is 10.6 Å². The maximum atomic E-state index is 12.0. The predicted octanol–water partition coefficient (Wildman–Crippen LogP) is 2.45. The second-order valence-electron chi connectivity index (χ2n) is 4.75. The lowest BCUT2D eigenvalue weighted by Gasteiger charge is -2.07. The van der Waals surface area contributed by atoms with E-state index in [0.717, 1.165) is 5.56 Å². The summed E-state index contributed by atoms with van der Waals surface area (Å²) in [6.07, 6.45) is 0. The average molecular weight is 293 g/mol. The van der Waals surface area contributed by atoms with E-state index >= 15 is 0 Å². The molecule has 0 aliphatic heterocycles. The Bertz CT molecular complexity index is 730. The minimum atomic E-state index is -0.233. The number of benzene rings is 2. The van der Waals surface area contributed by atoms with Gasteiger partial charge in [-0.05, 0) is 35.9 Å². The number of rotatable bonds is 4. The summed E-state index contributed by atoms with van der Waals surface area (Å²) in [4.78, 5) is 23.0. The van der Waals surface area contributed by atoms with Gasteiger partial charge in [0.05, 0.1) is 11.6 Å². The number of carbonyl (C=O) groups is 2. The number of amides is 2. The summed E-state index contributed by atoms with van der Waals surface area (Å²) in [5.74, 6) is -0.360. The molecule has 0 bridgehead atoms. The van der Waals surface area contributed by atoms with Crippen LogP contribution >= 0.6 is 0 Å². The van der Waals surface area contributed by atoms with Crippen molar-refractivity contribution in [3.63, 3.8) is 0 Å². The third-order valence-electron chi connectivity index (χ3n) is 2.98. The Morgan fingerprint density at radius 1 is 1.14 bits per heavy atom. The Kier molecular flexibility index (Phi) is 4.89. The number of hydrogen-bond acceptors (Lipinski definition) is 3. The molecule has 0 aromatic heterocycles. The first kappa shape index (κ1) is 15.3. The SMILES string of the molecule is CC(=O)Nc1ccc(CNC(=O)c2cccc(C#N)c2)cc1. The summed E-state index contributed by atoms with van der Waals surface area (Å²) in [5.41, 5.74) is 2.53. The Morgan fingerprint density at radius 2 is 1.86 bits per heavy atom. The minimum absolute atomic E-state index is 0.126. The maximum Gasteiger partial charge on any atom is 0.251 e. The zero-order chi connectivity index (χ0) is 15.9. The smallest absolute Gasteiger partial charge is 0.251 e. The molecule has 2 aromatic carbocycles. The van der Waals surface area contributed by atoms with E-state index in [0.29, 0.717) is 23.4 Å². The van der Waals surface area contributed by atoms with E-state index in [4.69, 9.17) is 5.26 Å². The summed E-state index contributed by atoms with van der Waals surface area (Å²) < 4.78 is 0. The van der Waals surface area contributed by atoms with Gasteiger partial charge < -0.3 is 10.6 Å². The van der Waals surface area contributed by atoms with Gasteiger partial charge in [-0.15, -0.1) is 0 Å². The molecule has 110 valence electrons. The molecule has 0 unspecified atom stereocenters. The van der Waals surface area contributed by atoms with Gasteiger partial charge >= 0.3 is 0 Å². The van der Waals surface area contributed by atoms with Crippen molar-refractivity contribution in [3.8, 4) is 6.07 Å². The molecule has 0 spiro atoms. The van der Waals surface area contributed by atoms with Crippen molar-refractivity contribution in [2.45, 2.75) is 13.5 Å². The van der Waals surface area contributed by atoms with Crippen molar-refractivity contribution in [1.82, 2.24) is 5.32 Å². The largest absolute Gasteiger partial charge is 0.348 e. The molecule has 0 radical (unpaired) electrons. The number of nitrogens with one attached hydrogen (secondary N) is 2. The summed E-state index contributed by atoms with van der Waals surface area (Å²) in [5, 5.41) is 14.3. The van der Waals surface area contributed by atoms with Crippen molar-refractivity contribution in [3.05, 3.63) is 65.2 Å². The lowest BCUT2D eigenvalue weighted by atomic mass is 10.1. The maximum absolute atomic E-state index is 12.0. The molecule has 0 saturated heterocycles. The van der Waals surface area contributed by atoms with Gasteiger partial charge in [-0.2, -0.15) is 5.26 Å². The lowest BCUT2D eigenvalue weighted by molar-refractivity contribution is -0.114. The number of nitriles is 1. The van der Waals surface area contributed by atoms with Gasteiger partial charge in [0.1, 0.15) is 0 Å². The first-order valence-electron chi connectivity index (χ1n) is 6.73. The van der Waals surface area contributed by atoms with Crippen molar-refractivity contribution < 1.29 is 9.59 Å². The monoisotopic (exact) mass is 293 g/mol. The fraction of sp³-hybridized carbons (Fsp3) is 0.118. The zero-order valence-electron chi connectivity index (χ0n) is 12.1. The highest BCUT2D eigenvalue weighted by atomic mass is 16.2. The molecule has 0 atom stereocenters. The average Bonchev–Trinajstić information content (AvgIpc) is 2.53. The van der Waals surface area contributed by atoms with E-state index in [1.54, 1.807) is 36.4 Å². The number of anilines is 1. The lowest BCUT2D eigenvalue weighted by Crippen LogP contribution is -2.22. The molecule has 0 fully saturated rings. The van der Waals surface area contributed by atoms with Crippen molar-refractivity contribution >= 4 is 17.5 Å². The van der Waals surface area contributed by atoms with Gasteiger partial charge in [0.2, 0.25) is 5.91 Å². The molecule has 5 heteroatoms. The van der Waals surface area contributed by atoms with Crippen LogP contribution in [0.25, 0.3) is 0 Å². The molecule has 2 aromatic rings. The van der Waals surface area contributed by atoms with Crippen LogP contribution in [0.15, 0.2) is 48.5 Å². The first-order valence-corrected chi connectivity index (χ1v) is 6.73. The van der Waals surface area contributed by atoms with Crippen LogP contribution in [0.2, 0.25) is 0 Å². The second-order valence-corrected chi connectivity index (χ2v) is 4.75. The van der Waals surface area contributed by atoms with E-state index in [2.05, 4.69) is 10.6 Å². The quantitative estimate of drug-likeness (QED) is 0.908. The minimum Gasteiger partial charge on any atom is -0.348 e. The molecular weight excluding hydrogens is 278 g/mol. The fourth-order valence-electron chi connectivity index (χ4n) is 1.92. The molecular formula is C17H15N3O2. The van der Waals surface area contributed by atoms with Gasteiger partial charge in [-0.3, -0.25) is 9.59 Å². The number of nitrogens with zero attached hydrogens (tertiary/aromatic N) is 1. The topological polar surface area (TPSA) is 82.0 Å². The van der Waals surface area contributed by atoms with Crippen molar-refractivity contribution in [2.75, 3.05) is 5.32 Å². The molecule has 0 heterocycles. The van der Waals surface area contributed by atoms with Crippen LogP contribution in [0, 0.1) is 11.3 Å². The summed E-state index contributed by atoms with van der Waals surface area (Å²) in [6, 6.07) is 15.8. The molecule has 2 rings (SSSR count). The first-order chi connectivity index (χ1) is 10.6. The van der Waals surface area contributed by atoms with Gasteiger partial charge in [0.15, 0.2) is 0 Å². The standard InChI is InChI=1S/C17H15N3O2/c1-12(21)20-16-7-5-13(6-8-16)11-19-17(22)15-4-2-3-14(9-15)10-18/h2-9H,11H2,1H3,(H,19,22)(H,20,21). The molecule has 0 saturated carbocycles. The van der Waals surface area contributed by atoms with E-state index < -0.39 is 0 Å². The third-order valence-corrected chi connectivity index (χ3v) is 2.98. The predicted molar refractivity (Wildman–Crippen MR) is 83.1 cm³/mol. The van der Waals surface area contributed by atoms with Crippen LogP contribution in [0.1, 0.15) is 28.4 Å². The van der Waals surface area contributed by atoms with E-state index in [-0.39, 0.29) is 11.8 Å². The summed E-state index contributed by atoms with van der Waals surface area (Å²) >= 11 is 0. The van der Waals surface area contributed by atoms with Gasteiger partial charge in [0.25, 0.3) is 5.91 Å². The van der Waals surface area contributed by atoms with Crippen molar-refractivity contribution in [1.29, 1.82) is 5.26 Å². The number of hydrogen-bond donors (Lipinski definition) is 2. The van der Waals surface area contributed by atoms with Crippen LogP contribution in [-0.2, 0) is 11.3 Å². The highest BCUT2D eigenvalue weighted by Crippen LogP contribution is 2.10. The molecule has 0 aliphatic carbocycles. The summed E-state index contributed by atoms with van der Waals surface area (Å²) in [6.45, 7) is 1.82. The summed E-state index contributed by atoms with van der Waals surface area (Å²) in [7, 11) is 0. The zero-order valence-corrected chi connectivity index (χ0v) is 12.1. The molecule has 2 amide bonds. The molecule has 22 heavy (non-hydrogen) atoms.